The number of alkyl halides is 2. The van der Waals surface area contributed by atoms with Gasteiger partial charge in [0.05, 0.1) is 96.6 Å². The zero-order chi connectivity index (χ0) is 78.0. The van der Waals surface area contributed by atoms with E-state index in [9.17, 15) is 48.6 Å². The van der Waals surface area contributed by atoms with E-state index in [1.165, 1.54) is 41.7 Å². The number of aryl methyl sites for hydroxylation is 4. The first-order valence-corrected chi connectivity index (χ1v) is 37.2. The number of aliphatic hydroxyl groups excluding tert-OH is 2. The number of aliphatic imine (C=N–C) groups is 1. The van der Waals surface area contributed by atoms with E-state index in [1.807, 2.05) is 103 Å². The molecule has 0 saturated carbocycles. The summed E-state index contributed by atoms with van der Waals surface area (Å²) in [6.45, 7) is 33.9. The second-order valence-corrected chi connectivity index (χ2v) is 27.2. The van der Waals surface area contributed by atoms with Crippen molar-refractivity contribution >= 4 is 84.7 Å². The number of piperazine rings is 1. The van der Waals surface area contributed by atoms with Crippen molar-refractivity contribution < 1.29 is 119 Å². The number of hydrogen-bond donors (Lipinski definition) is 4. The van der Waals surface area contributed by atoms with E-state index in [4.69, 9.17) is 20.3 Å². The molecule has 0 aromatic heterocycles. The monoisotopic (exact) mass is 1610 g/mol. The van der Waals surface area contributed by atoms with Crippen LogP contribution in [0.5, 0.6) is 5.75 Å². The van der Waals surface area contributed by atoms with E-state index in [0.717, 1.165) is 67.3 Å². The maximum Gasteiger partial charge on any atom is 1.00 e. The maximum absolute atomic E-state index is 12.5. The Bertz CT molecular complexity index is 3340. The van der Waals surface area contributed by atoms with Crippen molar-refractivity contribution in [2.75, 3.05) is 129 Å². The van der Waals surface area contributed by atoms with Gasteiger partial charge in [-0.25, -0.2) is 0 Å². The molecule has 25 heteroatoms. The second kappa shape index (κ2) is 58.3. The quantitative estimate of drug-likeness (QED) is 0.0161. The molecule has 0 radical (unpaired) electrons. The number of nitrogens with one attached hydrogen (secondary N) is 1. The molecule has 5 aromatic carbocycles. The first kappa shape index (κ1) is 99.3. The number of carbonyl (C=O) groups is 8. The molecule has 2 saturated heterocycles. The number of methoxy groups -OCH3 is 1. The van der Waals surface area contributed by atoms with Crippen LogP contribution in [-0.2, 0) is 80.6 Å². The van der Waals surface area contributed by atoms with Gasteiger partial charge in [0.15, 0.2) is 17.3 Å². The molecule has 5 aromatic rings. The molecule has 574 valence electrons. The number of ether oxygens (including phenoxy) is 3. The molecule has 3 heterocycles. The minimum atomic E-state index is -0.750. The van der Waals surface area contributed by atoms with Gasteiger partial charge in [-0.3, -0.25) is 67.8 Å². The molecule has 0 aliphatic carbocycles. The molecule has 0 unspecified atom stereocenters. The Hall–Kier alpha value is -5.69. The van der Waals surface area contributed by atoms with Gasteiger partial charge in [0.2, 0.25) is 0 Å². The van der Waals surface area contributed by atoms with Crippen molar-refractivity contribution in [2.45, 2.75) is 128 Å². The first-order valence-electron chi connectivity index (χ1n) is 34.9. The van der Waals surface area contributed by atoms with Gasteiger partial charge in [0, 0.05) is 78.2 Å². The molecule has 3 aliphatic rings. The molecule has 3 aliphatic heterocycles. The molecular formula is C80H115Br2KN8O14. The molecule has 0 amide bonds. The Kier molecular flexibility index (Phi) is 55.2. The number of nitrogens with zero attached hydrogens (tertiary/aromatic N) is 6. The molecule has 0 atom stereocenters. The van der Waals surface area contributed by atoms with Crippen LogP contribution in [0.1, 0.15) is 112 Å². The van der Waals surface area contributed by atoms with Crippen molar-refractivity contribution in [3.05, 3.63) is 183 Å². The van der Waals surface area contributed by atoms with Gasteiger partial charge in [-0.15, -0.1) is 5.60 Å². The van der Waals surface area contributed by atoms with Crippen molar-refractivity contribution in [1.29, 1.82) is 0 Å². The van der Waals surface area contributed by atoms with E-state index in [0.29, 0.717) is 101 Å². The Morgan fingerprint density at radius 3 is 1.40 bits per heavy atom. The molecule has 22 nitrogen and oxygen atoms in total. The van der Waals surface area contributed by atoms with Gasteiger partial charge in [0.1, 0.15) is 34.2 Å². The number of nitrogens with two attached hydrogens (primary N) is 1. The van der Waals surface area contributed by atoms with Crippen LogP contribution < -0.4 is 72.3 Å². The number of benzene rings is 5. The Morgan fingerprint density at radius 1 is 0.600 bits per heavy atom. The van der Waals surface area contributed by atoms with E-state index < -0.39 is 5.60 Å². The van der Waals surface area contributed by atoms with Crippen molar-refractivity contribution in [3.63, 3.8) is 0 Å². The van der Waals surface area contributed by atoms with Crippen LogP contribution in [0.2, 0.25) is 0 Å². The fraction of sp³-hybridized carbons (Fsp3) is 0.487. The Labute approximate surface area is 683 Å². The number of Topliss-reactive ketones (excluding diaryl/α,β-unsaturated/α-hetero) is 6. The van der Waals surface area contributed by atoms with Crippen LogP contribution >= 0.6 is 31.9 Å². The number of piperidine rings is 1. The second-order valence-electron chi connectivity index (χ2n) is 26.1. The Morgan fingerprint density at radius 2 is 1.02 bits per heavy atom. The molecule has 8 rings (SSSR count). The number of likely N-dealkylation sites (tertiary alicyclic amines) is 1. The van der Waals surface area contributed by atoms with Crippen LogP contribution in [0.15, 0.2) is 138 Å². The fourth-order valence-corrected chi connectivity index (χ4v) is 9.73. The summed E-state index contributed by atoms with van der Waals surface area (Å²) in [6, 6.07) is 40.5. The van der Waals surface area contributed by atoms with Crippen molar-refractivity contribution in [3.8, 4) is 5.75 Å². The van der Waals surface area contributed by atoms with Gasteiger partial charge in [0.25, 0.3) is 0 Å². The smallest absolute Gasteiger partial charge is 0.850 e. The van der Waals surface area contributed by atoms with Gasteiger partial charge < -0.3 is 40.6 Å². The number of aliphatic hydroxyl groups is 2. The van der Waals surface area contributed by atoms with Crippen LogP contribution in [-0.4, -0.2) is 222 Å². The SMILES string of the molecule is CC(=O)CBr.CC(C)(C)[O-].CCOC(=O)CBr.CCOC(=O)CN(CC(C)=O)Cc1ccc(C)cc1.COc1ccc(CNCC(C)=O)cc1.Cc1ccc(CN)cc1.Cc1ccc(CN2CC(=O)C(C=NCCN3CCN(CCO)CC3)=C(O)C2)cc1.Cc1ccc(CN2CC(=O)CC(=O)C2)cc1.[K+]. The Balaban J connectivity index is 0.00000126. The first-order chi connectivity index (χ1) is 49.3. The van der Waals surface area contributed by atoms with Crippen LogP contribution in [0.4, 0.5) is 0 Å². The van der Waals surface area contributed by atoms with Gasteiger partial charge in [-0.2, -0.15) is 0 Å². The molecule has 0 spiro atoms. The standard InChI is InChI=1S/C22H32N4O3.C15H21NO3.C13H15NO2.C11H15NO2.C8H11N.C4H7BrO2.C4H9O.C3H5BrO.K/c1-18-2-4-19(5-3-18)15-26-16-21(28)20(22(29)17-26)14-23-6-7-24-8-10-25(11-9-24)12-13-27;1-4-19-15(18)11-16(9-13(3)17)10-14-7-5-12(2)6-8-14;1-10-2-4-11(5-3-10)7-14-8-12(15)6-13(16)9-14;1-9(13)7-12-8-10-3-5-11(14-2)6-4-10;1-7-2-4-8(6-9)5-3-7;1-2-7-4(6)3-5;1-4(2,3)5;1-3(5)2-4;/h2-5,14,27-28H,6-13,15-17H2,1H3;5-8H,4,9-11H2,1-3H3;2-5H,6-9H2,1H3;3-6,12H,7-8H2,1-2H3;2-5H,6,9H2,1H3;2-3H2,1H3;1-3H3;2H2,1H3;/q;;;;;;-1;;+1. The normalized spacial score (nSPS) is 13.8. The van der Waals surface area contributed by atoms with Gasteiger partial charge in [-0.05, 0) is 102 Å². The summed E-state index contributed by atoms with van der Waals surface area (Å²) in [5.41, 5.74) is 15.6. The predicted molar refractivity (Wildman–Crippen MR) is 418 cm³/mol. The molecular weight excluding hydrogens is 1500 g/mol. The fourth-order valence-electron chi connectivity index (χ4n) is 9.57. The maximum atomic E-state index is 12.5. The van der Waals surface area contributed by atoms with Crippen LogP contribution in [0.3, 0.4) is 0 Å². The van der Waals surface area contributed by atoms with Crippen molar-refractivity contribution in [1.82, 2.24) is 29.8 Å². The summed E-state index contributed by atoms with van der Waals surface area (Å²) in [5.74, 6) is 0.794. The third-order valence-corrected chi connectivity index (χ3v) is 15.9. The third-order valence-electron chi connectivity index (χ3n) is 14.7. The van der Waals surface area contributed by atoms with Crippen LogP contribution in [0.25, 0.3) is 0 Å². The third kappa shape index (κ3) is 52.1. The van der Waals surface area contributed by atoms with Crippen LogP contribution in [0, 0.1) is 27.7 Å². The molecule has 105 heavy (non-hydrogen) atoms. The number of ketones is 6. The van der Waals surface area contributed by atoms with E-state index in [1.54, 1.807) is 59.8 Å². The average molecular weight is 1610 g/mol. The zero-order valence-corrected chi connectivity index (χ0v) is 70.9. The summed E-state index contributed by atoms with van der Waals surface area (Å²) >= 11 is 5.91. The number of halogens is 2. The van der Waals surface area contributed by atoms with E-state index >= 15 is 0 Å². The predicted octanol–water partition coefficient (Wildman–Crippen LogP) is 6.05. The number of hydrogen-bond acceptors (Lipinski definition) is 22. The molecule has 5 N–H and O–H groups in total. The summed E-state index contributed by atoms with van der Waals surface area (Å²) in [7, 11) is 1.64. The summed E-state index contributed by atoms with van der Waals surface area (Å²) < 4.78 is 14.5. The molecule has 0 bridgehead atoms. The van der Waals surface area contributed by atoms with Gasteiger partial charge >= 0.3 is 63.3 Å². The molecule has 2 fully saturated rings. The zero-order valence-electron chi connectivity index (χ0n) is 64.6. The van der Waals surface area contributed by atoms with E-state index in [2.05, 4.69) is 112 Å². The largest absolute Gasteiger partial charge is 1.00 e. The number of carbonyl (C=O) groups excluding carboxylic acids is 8. The number of rotatable bonds is 26. The van der Waals surface area contributed by atoms with Crippen molar-refractivity contribution in [2.24, 2.45) is 10.7 Å². The summed E-state index contributed by atoms with van der Waals surface area (Å²) in [4.78, 5) is 103. The van der Waals surface area contributed by atoms with Gasteiger partial charge in [-0.1, -0.05) is 184 Å². The topological polar surface area (TPSA) is 294 Å². The number of β-amino-alcohol motifs (C(OH)–C–C–N with tert-alkyl or cyclic N) is 1. The van der Waals surface area contributed by atoms with E-state index in [-0.39, 0.29) is 130 Å². The number of esters is 2. The minimum absolute atomic E-state index is 0. The average Bonchev–Trinajstić information content (AvgIpc) is 0.802. The summed E-state index contributed by atoms with van der Waals surface area (Å²) in [5, 5.41) is 33.3. The minimum Gasteiger partial charge on any atom is -0.850 e. The summed E-state index contributed by atoms with van der Waals surface area (Å²) in [6.07, 6.45) is 1.66.